The highest BCUT2D eigenvalue weighted by Gasteiger charge is 2.06. The molecule has 0 spiro atoms. The summed E-state index contributed by atoms with van der Waals surface area (Å²) in [5.41, 5.74) is 0.0960. The van der Waals surface area contributed by atoms with Crippen LogP contribution in [0.2, 0.25) is 5.02 Å². The maximum absolute atomic E-state index is 10.5. The van der Waals surface area contributed by atoms with E-state index in [9.17, 15) is 4.79 Å². The number of aromatic nitrogens is 1. The van der Waals surface area contributed by atoms with E-state index in [1.165, 1.54) is 24.5 Å². The third-order valence-electron chi connectivity index (χ3n) is 1.45. The first-order valence-electron chi connectivity index (χ1n) is 3.59. The molecule has 0 aliphatic carbocycles. The lowest BCUT2D eigenvalue weighted by Crippen LogP contribution is -1.97. The molecule has 0 aromatic carbocycles. The topological polar surface area (TPSA) is 74.0 Å². The fourth-order valence-electron chi connectivity index (χ4n) is 0.800. The second-order valence-electron chi connectivity index (χ2n) is 2.37. The van der Waals surface area contributed by atoms with E-state index in [0.717, 1.165) is 0 Å². The van der Waals surface area contributed by atoms with Gasteiger partial charge in [-0.3, -0.25) is 4.98 Å². The fourth-order valence-corrected chi connectivity index (χ4v) is 0.974. The number of nitrogens with zero attached hydrogens (tertiary/aromatic N) is 2. The zero-order valence-electron chi connectivity index (χ0n) is 6.94. The van der Waals surface area contributed by atoms with Crippen molar-refractivity contribution in [2.45, 2.75) is 0 Å². The third-order valence-corrected chi connectivity index (χ3v) is 1.77. The van der Waals surface area contributed by atoms with Gasteiger partial charge in [-0.25, -0.2) is 4.79 Å². The average Bonchev–Trinajstić information content (AvgIpc) is 2.16. The standard InChI is InChI=1S/C9H5ClN2O2/c10-8-5-12-2-1-6(8)3-7(4-11)9(13)14/h1-3,5H,(H,13,14)/b7-3+. The zero-order chi connectivity index (χ0) is 10.6. The molecule has 1 aromatic rings. The molecule has 0 amide bonds. The van der Waals surface area contributed by atoms with Gasteiger partial charge in [0.15, 0.2) is 0 Å². The van der Waals surface area contributed by atoms with Gasteiger partial charge in [-0.15, -0.1) is 0 Å². The molecule has 14 heavy (non-hydrogen) atoms. The number of rotatable bonds is 2. The van der Waals surface area contributed by atoms with Crippen LogP contribution >= 0.6 is 11.6 Å². The molecular formula is C9H5ClN2O2. The van der Waals surface area contributed by atoms with Crippen LogP contribution in [0.3, 0.4) is 0 Å². The van der Waals surface area contributed by atoms with Gasteiger partial charge in [0.25, 0.3) is 0 Å². The fraction of sp³-hybridized carbons (Fsp3) is 0. The lowest BCUT2D eigenvalue weighted by atomic mass is 10.2. The maximum Gasteiger partial charge on any atom is 0.346 e. The summed E-state index contributed by atoms with van der Waals surface area (Å²) in [6.07, 6.45) is 4.05. The first kappa shape index (κ1) is 10.2. The molecule has 4 nitrogen and oxygen atoms in total. The minimum atomic E-state index is -1.28. The number of carbonyl (C=O) groups is 1. The van der Waals surface area contributed by atoms with Crippen LogP contribution in [0.1, 0.15) is 5.56 Å². The summed E-state index contributed by atoms with van der Waals surface area (Å²) >= 11 is 5.72. The van der Waals surface area contributed by atoms with E-state index >= 15 is 0 Å². The van der Waals surface area contributed by atoms with E-state index in [2.05, 4.69) is 4.98 Å². The number of carboxylic acids is 1. The van der Waals surface area contributed by atoms with Crippen LogP contribution in [0, 0.1) is 11.3 Å². The van der Waals surface area contributed by atoms with E-state index in [-0.39, 0.29) is 5.57 Å². The monoisotopic (exact) mass is 208 g/mol. The minimum absolute atomic E-state index is 0.307. The number of hydrogen-bond acceptors (Lipinski definition) is 3. The molecule has 70 valence electrons. The van der Waals surface area contributed by atoms with E-state index in [1.54, 1.807) is 6.07 Å². The van der Waals surface area contributed by atoms with Crippen molar-refractivity contribution in [3.05, 3.63) is 34.6 Å². The van der Waals surface area contributed by atoms with E-state index in [0.29, 0.717) is 10.6 Å². The summed E-state index contributed by atoms with van der Waals surface area (Å²) in [6, 6.07) is 3.09. The highest BCUT2D eigenvalue weighted by atomic mass is 35.5. The maximum atomic E-state index is 10.5. The minimum Gasteiger partial charge on any atom is -0.477 e. The number of hydrogen-bond donors (Lipinski definition) is 1. The Morgan fingerprint density at radius 2 is 2.43 bits per heavy atom. The number of halogens is 1. The van der Waals surface area contributed by atoms with Crippen molar-refractivity contribution in [2.75, 3.05) is 0 Å². The second-order valence-corrected chi connectivity index (χ2v) is 2.78. The van der Waals surface area contributed by atoms with Gasteiger partial charge in [-0.1, -0.05) is 11.6 Å². The highest BCUT2D eigenvalue weighted by molar-refractivity contribution is 6.32. The Hall–Kier alpha value is -1.86. The summed E-state index contributed by atoms with van der Waals surface area (Å²) < 4.78 is 0. The molecule has 1 aromatic heterocycles. The van der Waals surface area contributed by atoms with Crippen molar-refractivity contribution in [1.82, 2.24) is 4.98 Å². The molecule has 5 heteroatoms. The molecule has 0 radical (unpaired) electrons. The van der Waals surface area contributed by atoms with Crippen molar-refractivity contribution in [3.8, 4) is 6.07 Å². The van der Waals surface area contributed by atoms with Gasteiger partial charge in [-0.2, -0.15) is 5.26 Å². The van der Waals surface area contributed by atoms with Crippen LogP contribution in [-0.2, 0) is 4.79 Å². The van der Waals surface area contributed by atoms with Crippen molar-refractivity contribution in [3.63, 3.8) is 0 Å². The van der Waals surface area contributed by atoms with Gasteiger partial charge >= 0.3 is 5.97 Å². The van der Waals surface area contributed by atoms with Crippen molar-refractivity contribution in [2.24, 2.45) is 0 Å². The normalized spacial score (nSPS) is 10.7. The quantitative estimate of drug-likeness (QED) is 0.593. The van der Waals surface area contributed by atoms with Crippen molar-refractivity contribution in [1.29, 1.82) is 5.26 Å². The summed E-state index contributed by atoms with van der Waals surface area (Å²) in [5, 5.41) is 17.4. The van der Waals surface area contributed by atoms with Crippen LogP contribution in [0.15, 0.2) is 24.0 Å². The Morgan fingerprint density at radius 3 is 2.93 bits per heavy atom. The predicted octanol–water partition coefficient (Wildman–Crippen LogP) is 1.73. The molecule has 0 bridgehead atoms. The number of nitriles is 1. The Bertz CT molecular complexity index is 435. The second kappa shape index (κ2) is 4.40. The molecule has 1 heterocycles. The summed E-state index contributed by atoms with van der Waals surface area (Å²) in [7, 11) is 0. The summed E-state index contributed by atoms with van der Waals surface area (Å²) in [4.78, 5) is 14.2. The predicted molar refractivity (Wildman–Crippen MR) is 50.5 cm³/mol. The largest absolute Gasteiger partial charge is 0.477 e. The van der Waals surface area contributed by atoms with Crippen LogP contribution in [-0.4, -0.2) is 16.1 Å². The Labute approximate surface area is 85.1 Å². The lowest BCUT2D eigenvalue weighted by Gasteiger charge is -1.96. The molecule has 0 aliphatic heterocycles. The molecule has 0 fully saturated rings. The van der Waals surface area contributed by atoms with Gasteiger partial charge in [0.05, 0.1) is 5.02 Å². The zero-order valence-corrected chi connectivity index (χ0v) is 7.69. The van der Waals surface area contributed by atoms with E-state index in [4.69, 9.17) is 22.0 Å². The summed E-state index contributed by atoms with van der Waals surface area (Å²) in [6.45, 7) is 0. The molecular weight excluding hydrogens is 204 g/mol. The average molecular weight is 209 g/mol. The molecule has 0 unspecified atom stereocenters. The van der Waals surface area contributed by atoms with Gasteiger partial charge in [-0.05, 0) is 17.7 Å². The van der Waals surface area contributed by atoms with Crippen molar-refractivity contribution < 1.29 is 9.90 Å². The van der Waals surface area contributed by atoms with Crippen LogP contribution in [0.4, 0.5) is 0 Å². The Morgan fingerprint density at radius 1 is 1.71 bits per heavy atom. The molecule has 1 N–H and O–H groups in total. The van der Waals surface area contributed by atoms with Crippen LogP contribution < -0.4 is 0 Å². The molecule has 0 atom stereocenters. The van der Waals surface area contributed by atoms with Gasteiger partial charge < -0.3 is 5.11 Å². The third kappa shape index (κ3) is 2.31. The smallest absolute Gasteiger partial charge is 0.346 e. The highest BCUT2D eigenvalue weighted by Crippen LogP contribution is 2.16. The van der Waals surface area contributed by atoms with E-state index in [1.807, 2.05) is 0 Å². The SMILES string of the molecule is N#C/C(=C\c1ccncc1Cl)C(=O)O. The number of aliphatic carboxylic acids is 1. The van der Waals surface area contributed by atoms with Crippen LogP contribution in [0.5, 0.6) is 0 Å². The molecule has 0 saturated heterocycles. The van der Waals surface area contributed by atoms with Crippen LogP contribution in [0.25, 0.3) is 6.08 Å². The molecule has 0 aliphatic rings. The first-order chi connectivity index (χ1) is 6.65. The van der Waals surface area contributed by atoms with Gasteiger partial charge in [0, 0.05) is 12.4 Å². The Kier molecular flexibility index (Phi) is 3.21. The van der Waals surface area contributed by atoms with Gasteiger partial charge in [0.2, 0.25) is 0 Å². The number of carboxylic acid groups (broad SMARTS) is 1. The van der Waals surface area contributed by atoms with Gasteiger partial charge in [0.1, 0.15) is 11.6 Å². The molecule has 1 rings (SSSR count). The lowest BCUT2D eigenvalue weighted by molar-refractivity contribution is -0.132. The van der Waals surface area contributed by atoms with E-state index < -0.39 is 5.97 Å². The number of pyridine rings is 1. The van der Waals surface area contributed by atoms with Crippen molar-refractivity contribution >= 4 is 23.6 Å². The first-order valence-corrected chi connectivity index (χ1v) is 3.97. The Balaban J connectivity index is 3.15. The summed E-state index contributed by atoms with van der Waals surface area (Å²) in [5.74, 6) is -1.28. The molecule has 0 saturated carbocycles.